The standard InChI is InChI=1S/C8H16O3.C6H6/c1-5-10-6-7(9)11-8(2,3)4;1-2-4-6-5-3-1/h5-6H2,1-4H3;1-6H. The first-order chi connectivity index (χ1) is 7.95. The van der Waals surface area contributed by atoms with Crippen molar-refractivity contribution in [2.75, 3.05) is 13.2 Å². The van der Waals surface area contributed by atoms with Crippen molar-refractivity contribution >= 4 is 5.97 Å². The van der Waals surface area contributed by atoms with Crippen molar-refractivity contribution in [3.05, 3.63) is 36.4 Å². The van der Waals surface area contributed by atoms with E-state index < -0.39 is 5.60 Å². The molecule has 0 amide bonds. The van der Waals surface area contributed by atoms with Gasteiger partial charge >= 0.3 is 5.97 Å². The van der Waals surface area contributed by atoms with Gasteiger partial charge in [0.1, 0.15) is 12.2 Å². The lowest BCUT2D eigenvalue weighted by molar-refractivity contribution is -0.160. The lowest BCUT2D eigenvalue weighted by Crippen LogP contribution is -2.26. The van der Waals surface area contributed by atoms with E-state index in [-0.39, 0.29) is 12.6 Å². The van der Waals surface area contributed by atoms with Crippen molar-refractivity contribution in [1.82, 2.24) is 0 Å². The van der Waals surface area contributed by atoms with Crippen molar-refractivity contribution in [3.8, 4) is 0 Å². The number of ether oxygens (including phenoxy) is 2. The molecule has 0 N–H and O–H groups in total. The van der Waals surface area contributed by atoms with Crippen molar-refractivity contribution < 1.29 is 14.3 Å². The fourth-order valence-electron chi connectivity index (χ4n) is 0.941. The van der Waals surface area contributed by atoms with E-state index in [1.165, 1.54) is 0 Å². The Kier molecular flexibility index (Phi) is 8.07. The van der Waals surface area contributed by atoms with Crippen LogP contribution in [-0.2, 0) is 14.3 Å². The topological polar surface area (TPSA) is 35.5 Å². The number of hydrogen-bond donors (Lipinski definition) is 0. The number of carbonyl (C=O) groups is 1. The van der Waals surface area contributed by atoms with Gasteiger partial charge in [0.15, 0.2) is 0 Å². The molecule has 17 heavy (non-hydrogen) atoms. The molecular weight excluding hydrogens is 216 g/mol. The molecular formula is C14H22O3. The first kappa shape index (κ1) is 15.7. The average Bonchev–Trinajstić information content (AvgIpc) is 2.27. The summed E-state index contributed by atoms with van der Waals surface area (Å²) in [5.74, 6) is -0.306. The summed E-state index contributed by atoms with van der Waals surface area (Å²) in [4.78, 5) is 10.9. The van der Waals surface area contributed by atoms with E-state index >= 15 is 0 Å². The molecule has 0 saturated heterocycles. The number of benzene rings is 1. The molecule has 3 heteroatoms. The molecule has 0 radical (unpaired) electrons. The van der Waals surface area contributed by atoms with E-state index in [4.69, 9.17) is 9.47 Å². The van der Waals surface area contributed by atoms with Crippen molar-refractivity contribution in [2.45, 2.75) is 33.3 Å². The van der Waals surface area contributed by atoms with Gasteiger partial charge in [-0.1, -0.05) is 36.4 Å². The molecule has 1 aromatic carbocycles. The number of hydrogen-bond acceptors (Lipinski definition) is 3. The summed E-state index contributed by atoms with van der Waals surface area (Å²) in [5, 5.41) is 0. The molecule has 3 nitrogen and oxygen atoms in total. The maximum Gasteiger partial charge on any atom is 0.332 e. The van der Waals surface area contributed by atoms with Crippen LogP contribution < -0.4 is 0 Å². The number of esters is 1. The van der Waals surface area contributed by atoms with E-state index in [1.54, 1.807) is 0 Å². The summed E-state index contributed by atoms with van der Waals surface area (Å²) in [6, 6.07) is 12.0. The molecule has 96 valence electrons. The van der Waals surface area contributed by atoms with Gasteiger partial charge in [-0.3, -0.25) is 0 Å². The minimum atomic E-state index is -0.409. The molecule has 0 saturated carbocycles. The van der Waals surface area contributed by atoms with Gasteiger partial charge < -0.3 is 9.47 Å². The molecule has 0 spiro atoms. The zero-order valence-electron chi connectivity index (χ0n) is 11.1. The summed E-state index contributed by atoms with van der Waals surface area (Å²) in [6.07, 6.45) is 0. The zero-order valence-corrected chi connectivity index (χ0v) is 11.1. The molecule has 0 aliphatic heterocycles. The second kappa shape index (κ2) is 8.76. The molecule has 0 atom stereocenters. The Morgan fingerprint density at radius 2 is 1.41 bits per heavy atom. The Hall–Kier alpha value is -1.35. The molecule has 0 bridgehead atoms. The van der Waals surface area contributed by atoms with Crippen molar-refractivity contribution in [2.24, 2.45) is 0 Å². The van der Waals surface area contributed by atoms with Crippen molar-refractivity contribution in [3.63, 3.8) is 0 Å². The Balaban J connectivity index is 0.000000354. The molecule has 0 unspecified atom stereocenters. The summed E-state index contributed by atoms with van der Waals surface area (Å²) in [7, 11) is 0. The SMILES string of the molecule is CCOCC(=O)OC(C)(C)C.c1ccccc1. The minimum Gasteiger partial charge on any atom is -0.458 e. The maximum absolute atomic E-state index is 10.9. The molecule has 0 fully saturated rings. The maximum atomic E-state index is 10.9. The van der Waals surface area contributed by atoms with Crippen LogP contribution in [-0.4, -0.2) is 24.8 Å². The molecule has 1 aromatic rings. The lowest BCUT2D eigenvalue weighted by atomic mass is 10.2. The van der Waals surface area contributed by atoms with E-state index in [1.807, 2.05) is 64.1 Å². The van der Waals surface area contributed by atoms with Gasteiger partial charge in [0.25, 0.3) is 0 Å². The Morgan fingerprint density at radius 1 is 1.00 bits per heavy atom. The highest BCUT2D eigenvalue weighted by Gasteiger charge is 2.15. The summed E-state index contributed by atoms with van der Waals surface area (Å²) in [6.45, 7) is 7.92. The first-order valence-corrected chi connectivity index (χ1v) is 5.75. The molecule has 0 aliphatic carbocycles. The van der Waals surface area contributed by atoms with E-state index in [0.717, 1.165) is 0 Å². The van der Waals surface area contributed by atoms with Crippen LogP contribution in [0.25, 0.3) is 0 Å². The van der Waals surface area contributed by atoms with Crippen LogP contribution in [0.2, 0.25) is 0 Å². The Bertz CT molecular complexity index is 261. The molecule has 1 rings (SSSR count). The van der Waals surface area contributed by atoms with Gasteiger partial charge in [-0.15, -0.1) is 0 Å². The predicted molar refractivity (Wildman–Crippen MR) is 68.8 cm³/mol. The van der Waals surface area contributed by atoms with E-state index in [9.17, 15) is 4.79 Å². The van der Waals surface area contributed by atoms with Gasteiger partial charge in [-0.2, -0.15) is 0 Å². The normalized spacial score (nSPS) is 10.1. The quantitative estimate of drug-likeness (QED) is 0.759. The lowest BCUT2D eigenvalue weighted by Gasteiger charge is -2.19. The first-order valence-electron chi connectivity index (χ1n) is 5.75. The molecule has 0 heterocycles. The third kappa shape index (κ3) is 12.6. The summed E-state index contributed by atoms with van der Waals surface area (Å²) >= 11 is 0. The van der Waals surface area contributed by atoms with Crippen LogP contribution in [0.15, 0.2) is 36.4 Å². The second-order valence-corrected chi connectivity index (χ2v) is 4.38. The third-order valence-corrected chi connectivity index (χ3v) is 1.51. The average molecular weight is 238 g/mol. The van der Waals surface area contributed by atoms with Crippen LogP contribution in [0.5, 0.6) is 0 Å². The molecule has 0 aliphatic rings. The van der Waals surface area contributed by atoms with Crippen LogP contribution in [0.1, 0.15) is 27.7 Å². The van der Waals surface area contributed by atoms with E-state index in [2.05, 4.69) is 0 Å². The number of rotatable bonds is 3. The highest BCUT2D eigenvalue weighted by molar-refractivity contribution is 5.71. The second-order valence-electron chi connectivity index (χ2n) is 4.38. The Labute approximate surface area is 104 Å². The van der Waals surface area contributed by atoms with Crippen LogP contribution in [0, 0.1) is 0 Å². The zero-order chi connectivity index (χ0) is 13.1. The van der Waals surface area contributed by atoms with Gasteiger partial charge in [-0.05, 0) is 27.7 Å². The van der Waals surface area contributed by atoms with Crippen LogP contribution in [0.3, 0.4) is 0 Å². The van der Waals surface area contributed by atoms with Gasteiger partial charge in [0.2, 0.25) is 0 Å². The van der Waals surface area contributed by atoms with Crippen LogP contribution >= 0.6 is 0 Å². The Morgan fingerprint density at radius 3 is 1.71 bits per heavy atom. The monoisotopic (exact) mass is 238 g/mol. The van der Waals surface area contributed by atoms with Crippen molar-refractivity contribution in [1.29, 1.82) is 0 Å². The molecule has 0 aromatic heterocycles. The number of carbonyl (C=O) groups excluding carboxylic acids is 1. The van der Waals surface area contributed by atoms with Gasteiger partial charge in [-0.25, -0.2) is 4.79 Å². The highest BCUT2D eigenvalue weighted by Crippen LogP contribution is 2.06. The third-order valence-electron chi connectivity index (χ3n) is 1.51. The van der Waals surface area contributed by atoms with Gasteiger partial charge in [0.05, 0.1) is 0 Å². The summed E-state index contributed by atoms with van der Waals surface area (Å²) in [5.41, 5.74) is -0.409. The fourth-order valence-corrected chi connectivity index (χ4v) is 0.941. The predicted octanol–water partition coefficient (Wildman–Crippen LogP) is 3.05. The van der Waals surface area contributed by atoms with Crippen LogP contribution in [0.4, 0.5) is 0 Å². The summed E-state index contributed by atoms with van der Waals surface area (Å²) < 4.78 is 9.84. The fraction of sp³-hybridized carbons (Fsp3) is 0.500. The van der Waals surface area contributed by atoms with E-state index in [0.29, 0.717) is 6.61 Å². The highest BCUT2D eigenvalue weighted by atomic mass is 16.6. The minimum absolute atomic E-state index is 0.0494. The van der Waals surface area contributed by atoms with Gasteiger partial charge in [0, 0.05) is 6.61 Å². The largest absolute Gasteiger partial charge is 0.458 e. The smallest absolute Gasteiger partial charge is 0.332 e.